The van der Waals surface area contributed by atoms with Gasteiger partial charge in [0.2, 0.25) is 0 Å². The van der Waals surface area contributed by atoms with Gasteiger partial charge < -0.3 is 10.6 Å². The van der Waals surface area contributed by atoms with Gasteiger partial charge in [-0.05, 0) is 20.0 Å². The van der Waals surface area contributed by atoms with Gasteiger partial charge >= 0.3 is 0 Å². The van der Waals surface area contributed by atoms with E-state index in [1.807, 2.05) is 6.07 Å². The fourth-order valence-electron chi connectivity index (χ4n) is 2.36. The first kappa shape index (κ1) is 11.5. The van der Waals surface area contributed by atoms with Gasteiger partial charge in [-0.25, -0.2) is 0 Å². The minimum atomic E-state index is 0.103. The molecule has 2 N–H and O–H groups in total. The van der Waals surface area contributed by atoms with Gasteiger partial charge in [-0.3, -0.25) is 4.68 Å². The standard InChI is InChI=1S/C12H22N4/c1-12(2,3)10-7-11(13)14-16(10)9-5-6-15(4)8-9/h7,9H,5-6,8H2,1-4H3,(H2,13,14)/t9-/m0/s1. The summed E-state index contributed by atoms with van der Waals surface area (Å²) in [6.45, 7) is 8.84. The summed E-state index contributed by atoms with van der Waals surface area (Å²) in [6, 6.07) is 2.50. The topological polar surface area (TPSA) is 47.1 Å². The van der Waals surface area contributed by atoms with E-state index in [9.17, 15) is 0 Å². The van der Waals surface area contributed by atoms with Gasteiger partial charge in [0, 0.05) is 23.7 Å². The zero-order valence-electron chi connectivity index (χ0n) is 10.7. The van der Waals surface area contributed by atoms with E-state index >= 15 is 0 Å². The molecular weight excluding hydrogens is 200 g/mol. The molecule has 0 aromatic carbocycles. The predicted molar refractivity (Wildman–Crippen MR) is 66.5 cm³/mol. The molecular formula is C12H22N4. The Labute approximate surface area is 97.4 Å². The molecule has 4 heteroatoms. The van der Waals surface area contributed by atoms with Gasteiger partial charge in [-0.1, -0.05) is 20.8 Å². The Bertz CT molecular complexity index is 375. The number of rotatable bonds is 1. The van der Waals surface area contributed by atoms with E-state index in [0.717, 1.165) is 13.1 Å². The van der Waals surface area contributed by atoms with Gasteiger partial charge in [0.05, 0.1) is 6.04 Å². The molecule has 1 saturated heterocycles. The van der Waals surface area contributed by atoms with Crippen molar-refractivity contribution < 1.29 is 0 Å². The molecule has 0 saturated carbocycles. The van der Waals surface area contributed by atoms with E-state index < -0.39 is 0 Å². The third-order valence-corrected chi connectivity index (χ3v) is 3.24. The predicted octanol–water partition coefficient (Wildman–Crippen LogP) is 1.64. The van der Waals surface area contributed by atoms with Gasteiger partial charge in [0.15, 0.2) is 0 Å². The minimum absolute atomic E-state index is 0.103. The molecule has 1 atom stereocenters. The summed E-state index contributed by atoms with van der Waals surface area (Å²) in [5.74, 6) is 0.638. The number of anilines is 1. The van der Waals surface area contributed by atoms with E-state index in [1.165, 1.54) is 12.1 Å². The highest BCUT2D eigenvalue weighted by molar-refractivity contribution is 5.33. The average molecular weight is 222 g/mol. The zero-order chi connectivity index (χ0) is 11.9. The van der Waals surface area contributed by atoms with Gasteiger partial charge in [-0.2, -0.15) is 5.10 Å². The summed E-state index contributed by atoms with van der Waals surface area (Å²) >= 11 is 0. The Morgan fingerprint density at radius 2 is 2.12 bits per heavy atom. The smallest absolute Gasteiger partial charge is 0.145 e. The third-order valence-electron chi connectivity index (χ3n) is 3.24. The van der Waals surface area contributed by atoms with Crippen LogP contribution in [0.15, 0.2) is 6.07 Å². The normalized spacial score (nSPS) is 22.9. The van der Waals surface area contributed by atoms with Crippen LogP contribution in [0.2, 0.25) is 0 Å². The van der Waals surface area contributed by atoms with Crippen molar-refractivity contribution in [1.82, 2.24) is 14.7 Å². The summed E-state index contributed by atoms with van der Waals surface area (Å²) in [5, 5.41) is 4.46. The van der Waals surface area contributed by atoms with Crippen molar-refractivity contribution in [3.63, 3.8) is 0 Å². The number of nitrogen functional groups attached to an aromatic ring is 1. The first-order valence-electron chi connectivity index (χ1n) is 5.92. The van der Waals surface area contributed by atoms with E-state index in [4.69, 9.17) is 5.73 Å². The summed E-state index contributed by atoms with van der Waals surface area (Å²) in [6.07, 6.45) is 1.17. The van der Waals surface area contributed by atoms with Crippen LogP contribution >= 0.6 is 0 Å². The lowest BCUT2D eigenvalue weighted by Crippen LogP contribution is -2.24. The monoisotopic (exact) mass is 222 g/mol. The Morgan fingerprint density at radius 1 is 1.44 bits per heavy atom. The van der Waals surface area contributed by atoms with Crippen LogP contribution in [0.25, 0.3) is 0 Å². The minimum Gasteiger partial charge on any atom is -0.382 e. The lowest BCUT2D eigenvalue weighted by atomic mass is 9.91. The molecule has 0 unspecified atom stereocenters. The van der Waals surface area contributed by atoms with Gasteiger partial charge in [-0.15, -0.1) is 0 Å². The molecule has 1 aromatic heterocycles. The maximum Gasteiger partial charge on any atom is 0.145 e. The molecule has 1 fully saturated rings. The summed E-state index contributed by atoms with van der Waals surface area (Å²) in [5.41, 5.74) is 7.18. The molecule has 0 aliphatic carbocycles. The van der Waals surface area contributed by atoms with Crippen LogP contribution in [-0.4, -0.2) is 34.8 Å². The zero-order valence-corrected chi connectivity index (χ0v) is 10.7. The fraction of sp³-hybridized carbons (Fsp3) is 0.750. The number of aromatic nitrogens is 2. The maximum absolute atomic E-state index is 5.83. The van der Waals surface area contributed by atoms with Crippen LogP contribution in [0, 0.1) is 0 Å². The van der Waals surface area contributed by atoms with Crippen molar-refractivity contribution in [2.24, 2.45) is 0 Å². The van der Waals surface area contributed by atoms with Crippen molar-refractivity contribution in [3.8, 4) is 0 Å². The van der Waals surface area contributed by atoms with Crippen LogP contribution in [-0.2, 0) is 5.41 Å². The molecule has 16 heavy (non-hydrogen) atoms. The number of likely N-dealkylation sites (tertiary alicyclic amines) is 1. The highest BCUT2D eigenvalue weighted by atomic mass is 15.4. The summed E-state index contributed by atoms with van der Waals surface area (Å²) in [7, 11) is 2.16. The molecule has 0 amide bonds. The second-order valence-corrected chi connectivity index (χ2v) is 5.85. The quantitative estimate of drug-likeness (QED) is 0.785. The first-order valence-corrected chi connectivity index (χ1v) is 5.92. The molecule has 1 aliphatic heterocycles. The fourth-order valence-corrected chi connectivity index (χ4v) is 2.36. The Morgan fingerprint density at radius 3 is 2.62 bits per heavy atom. The van der Waals surface area contributed by atoms with Crippen molar-refractivity contribution in [3.05, 3.63) is 11.8 Å². The van der Waals surface area contributed by atoms with E-state index in [0.29, 0.717) is 11.9 Å². The highest BCUT2D eigenvalue weighted by Crippen LogP contribution is 2.29. The van der Waals surface area contributed by atoms with Crippen LogP contribution in [0.3, 0.4) is 0 Å². The van der Waals surface area contributed by atoms with Gasteiger partial charge in [0.1, 0.15) is 5.82 Å². The van der Waals surface area contributed by atoms with E-state index in [-0.39, 0.29) is 5.41 Å². The van der Waals surface area contributed by atoms with Crippen LogP contribution in [0.4, 0.5) is 5.82 Å². The number of hydrogen-bond donors (Lipinski definition) is 1. The number of nitrogens with two attached hydrogens (primary N) is 1. The number of likely N-dealkylation sites (N-methyl/N-ethyl adjacent to an activating group) is 1. The molecule has 1 aliphatic rings. The molecule has 0 radical (unpaired) electrons. The van der Waals surface area contributed by atoms with Crippen LogP contribution < -0.4 is 5.73 Å². The third kappa shape index (κ3) is 2.07. The van der Waals surface area contributed by atoms with E-state index in [2.05, 4.69) is 42.5 Å². The summed E-state index contributed by atoms with van der Waals surface area (Å²) in [4.78, 5) is 2.34. The SMILES string of the molecule is CN1CC[C@H](n2nc(N)cc2C(C)(C)C)C1. The van der Waals surface area contributed by atoms with Crippen molar-refractivity contribution in [2.45, 2.75) is 38.6 Å². The summed E-state index contributed by atoms with van der Waals surface area (Å²) < 4.78 is 2.14. The first-order chi connectivity index (χ1) is 7.38. The van der Waals surface area contributed by atoms with Gasteiger partial charge in [0.25, 0.3) is 0 Å². The second-order valence-electron chi connectivity index (χ2n) is 5.85. The molecule has 2 rings (SSSR count). The average Bonchev–Trinajstić information content (AvgIpc) is 2.70. The number of nitrogens with zero attached hydrogens (tertiary/aromatic N) is 3. The Kier molecular flexibility index (Phi) is 2.70. The highest BCUT2D eigenvalue weighted by Gasteiger charge is 2.28. The largest absolute Gasteiger partial charge is 0.382 e. The maximum atomic E-state index is 5.83. The van der Waals surface area contributed by atoms with Crippen molar-refractivity contribution in [1.29, 1.82) is 0 Å². The lowest BCUT2D eigenvalue weighted by Gasteiger charge is -2.23. The molecule has 4 nitrogen and oxygen atoms in total. The van der Waals surface area contributed by atoms with E-state index in [1.54, 1.807) is 0 Å². The van der Waals surface area contributed by atoms with Crippen LogP contribution in [0.5, 0.6) is 0 Å². The van der Waals surface area contributed by atoms with Crippen LogP contribution in [0.1, 0.15) is 38.9 Å². The lowest BCUT2D eigenvalue weighted by molar-refractivity contribution is 0.366. The Hall–Kier alpha value is -1.03. The Balaban J connectivity index is 2.33. The van der Waals surface area contributed by atoms with Crippen molar-refractivity contribution in [2.75, 3.05) is 25.9 Å². The molecule has 90 valence electrons. The molecule has 0 spiro atoms. The molecule has 1 aromatic rings. The second kappa shape index (κ2) is 3.77. The van der Waals surface area contributed by atoms with Crippen molar-refractivity contribution >= 4 is 5.82 Å². The molecule has 2 heterocycles. The molecule has 0 bridgehead atoms. The number of hydrogen-bond acceptors (Lipinski definition) is 3.